The lowest BCUT2D eigenvalue weighted by Gasteiger charge is -2.20. The Labute approximate surface area is 160 Å². The topological polar surface area (TPSA) is 121 Å². The first-order valence-corrected chi connectivity index (χ1v) is 8.68. The van der Waals surface area contributed by atoms with Crippen LogP contribution in [0.15, 0.2) is 47.3 Å². The average Bonchev–Trinajstić information content (AvgIpc) is 2.71. The summed E-state index contributed by atoms with van der Waals surface area (Å²) < 4.78 is 0. The second-order valence-electron chi connectivity index (χ2n) is 6.09. The molecule has 0 unspecified atom stereocenters. The van der Waals surface area contributed by atoms with E-state index in [2.05, 4.69) is 15.3 Å². The normalized spacial score (nSPS) is 10.6. The summed E-state index contributed by atoms with van der Waals surface area (Å²) in [4.78, 5) is 44.3. The highest BCUT2D eigenvalue weighted by Crippen LogP contribution is 2.25. The van der Waals surface area contributed by atoms with Gasteiger partial charge < -0.3 is 15.2 Å². The van der Waals surface area contributed by atoms with Crippen LogP contribution in [0.1, 0.15) is 23.1 Å². The molecule has 0 fully saturated rings. The molecule has 2 aromatic carbocycles. The molecule has 0 spiro atoms. The van der Waals surface area contributed by atoms with Crippen LogP contribution in [-0.4, -0.2) is 39.3 Å². The van der Waals surface area contributed by atoms with Crippen LogP contribution in [0.2, 0.25) is 0 Å². The Bertz CT molecular complexity index is 1110. The van der Waals surface area contributed by atoms with Gasteiger partial charge in [-0.25, -0.2) is 4.98 Å². The number of carbonyl (C=O) groups is 1. The minimum absolute atomic E-state index is 0.0803. The predicted octanol–water partition coefficient (Wildman–Crippen LogP) is 2.54. The van der Waals surface area contributed by atoms with Crippen molar-refractivity contribution in [1.82, 2.24) is 14.9 Å². The molecule has 1 aromatic heterocycles. The molecule has 0 saturated carbocycles. The molecule has 0 saturated heterocycles. The molecule has 1 amide bonds. The zero-order valence-corrected chi connectivity index (χ0v) is 15.4. The number of nitrogens with zero attached hydrogens (tertiary/aromatic N) is 3. The number of H-pyrrole nitrogens is 1. The van der Waals surface area contributed by atoms with Gasteiger partial charge in [0, 0.05) is 25.2 Å². The highest BCUT2D eigenvalue weighted by molar-refractivity contribution is 5.95. The second-order valence-corrected chi connectivity index (χ2v) is 6.09. The molecule has 3 rings (SSSR count). The molecule has 0 atom stereocenters. The molecule has 0 bridgehead atoms. The Morgan fingerprint density at radius 3 is 2.71 bits per heavy atom. The zero-order chi connectivity index (χ0) is 20.3. The number of aromatic amines is 1. The quantitative estimate of drug-likeness (QED) is 0.500. The molecule has 0 radical (unpaired) electrons. The molecule has 9 heteroatoms. The zero-order valence-electron chi connectivity index (χ0n) is 15.4. The summed E-state index contributed by atoms with van der Waals surface area (Å²) >= 11 is 0. The molecule has 28 heavy (non-hydrogen) atoms. The smallest absolute Gasteiger partial charge is 0.293 e. The molecule has 0 aliphatic heterocycles. The third-order valence-corrected chi connectivity index (χ3v) is 4.38. The van der Waals surface area contributed by atoms with Gasteiger partial charge in [0.15, 0.2) is 0 Å². The average molecular weight is 381 g/mol. The van der Waals surface area contributed by atoms with E-state index in [1.165, 1.54) is 23.1 Å². The Balaban J connectivity index is 1.92. The number of anilines is 1. The van der Waals surface area contributed by atoms with Gasteiger partial charge in [0.1, 0.15) is 11.5 Å². The number of nitro benzene ring substituents is 1. The van der Waals surface area contributed by atoms with E-state index in [-0.39, 0.29) is 29.3 Å². The number of carbonyl (C=O) groups excluding carboxylic acids is 1. The van der Waals surface area contributed by atoms with Gasteiger partial charge in [0.2, 0.25) is 0 Å². The third-order valence-electron chi connectivity index (χ3n) is 4.38. The molecule has 2 N–H and O–H groups in total. The van der Waals surface area contributed by atoms with Crippen molar-refractivity contribution in [3.63, 3.8) is 0 Å². The summed E-state index contributed by atoms with van der Waals surface area (Å²) in [5.74, 6) is -0.0377. The van der Waals surface area contributed by atoms with Gasteiger partial charge in [-0.2, -0.15) is 0 Å². The van der Waals surface area contributed by atoms with Gasteiger partial charge in [-0.1, -0.05) is 12.1 Å². The number of hydrogen-bond acceptors (Lipinski definition) is 6. The van der Waals surface area contributed by atoms with Gasteiger partial charge >= 0.3 is 0 Å². The van der Waals surface area contributed by atoms with E-state index in [1.54, 1.807) is 38.2 Å². The van der Waals surface area contributed by atoms with E-state index in [4.69, 9.17) is 0 Å². The minimum atomic E-state index is -0.540. The molecule has 1 heterocycles. The van der Waals surface area contributed by atoms with Crippen LogP contribution in [0.5, 0.6) is 0 Å². The molecular formula is C19H19N5O4. The highest BCUT2D eigenvalue weighted by atomic mass is 16.6. The van der Waals surface area contributed by atoms with E-state index < -0.39 is 4.92 Å². The maximum Gasteiger partial charge on any atom is 0.293 e. The van der Waals surface area contributed by atoms with Gasteiger partial charge in [0.05, 0.1) is 22.4 Å². The fourth-order valence-electron chi connectivity index (χ4n) is 2.93. The Hall–Kier alpha value is -3.75. The van der Waals surface area contributed by atoms with Crippen molar-refractivity contribution >= 4 is 28.2 Å². The SMILES string of the molecule is CCN(Cc1nc2ccccc2c(=O)[nH]1)C(=O)c1ccc(NC)c([N+](=O)[O-])c1. The van der Waals surface area contributed by atoms with Crippen molar-refractivity contribution in [3.05, 3.63) is 74.3 Å². The van der Waals surface area contributed by atoms with Crippen LogP contribution < -0.4 is 10.9 Å². The fraction of sp³-hybridized carbons (Fsp3) is 0.211. The van der Waals surface area contributed by atoms with Crippen molar-refractivity contribution in [2.24, 2.45) is 0 Å². The van der Waals surface area contributed by atoms with Gasteiger partial charge in [-0.15, -0.1) is 0 Å². The molecular weight excluding hydrogens is 362 g/mol. The van der Waals surface area contributed by atoms with Crippen molar-refractivity contribution in [2.45, 2.75) is 13.5 Å². The molecule has 144 valence electrons. The highest BCUT2D eigenvalue weighted by Gasteiger charge is 2.21. The van der Waals surface area contributed by atoms with Crippen LogP contribution in [-0.2, 0) is 6.54 Å². The number of nitrogens with one attached hydrogen (secondary N) is 2. The Morgan fingerprint density at radius 1 is 1.29 bits per heavy atom. The predicted molar refractivity (Wildman–Crippen MR) is 105 cm³/mol. The maximum atomic E-state index is 12.9. The lowest BCUT2D eigenvalue weighted by molar-refractivity contribution is -0.384. The van der Waals surface area contributed by atoms with E-state index in [0.717, 1.165) is 0 Å². The summed E-state index contributed by atoms with van der Waals surface area (Å²) in [5.41, 5.74) is 0.597. The van der Waals surface area contributed by atoms with Crippen LogP contribution in [0.3, 0.4) is 0 Å². The molecule has 0 aliphatic rings. The van der Waals surface area contributed by atoms with E-state index in [1.807, 2.05) is 0 Å². The summed E-state index contributed by atoms with van der Waals surface area (Å²) in [7, 11) is 1.57. The minimum Gasteiger partial charge on any atom is -0.383 e. The number of benzene rings is 2. The summed E-state index contributed by atoms with van der Waals surface area (Å²) in [6.45, 7) is 2.21. The molecule has 3 aromatic rings. The van der Waals surface area contributed by atoms with Crippen LogP contribution in [0.4, 0.5) is 11.4 Å². The number of hydrogen-bond donors (Lipinski definition) is 2. The first kappa shape index (κ1) is 19.0. The van der Waals surface area contributed by atoms with E-state index in [0.29, 0.717) is 29.0 Å². The van der Waals surface area contributed by atoms with Gasteiger partial charge in [-0.05, 0) is 31.2 Å². The lowest BCUT2D eigenvalue weighted by atomic mass is 10.1. The Kier molecular flexibility index (Phi) is 5.35. The van der Waals surface area contributed by atoms with Gasteiger partial charge in [0.25, 0.3) is 17.2 Å². The number of amides is 1. The number of fused-ring (bicyclic) bond motifs is 1. The van der Waals surface area contributed by atoms with Crippen molar-refractivity contribution in [3.8, 4) is 0 Å². The van der Waals surface area contributed by atoms with Crippen molar-refractivity contribution in [2.75, 3.05) is 18.9 Å². The summed E-state index contributed by atoms with van der Waals surface area (Å²) in [6, 6.07) is 11.2. The monoisotopic (exact) mass is 381 g/mol. The number of aromatic nitrogens is 2. The third kappa shape index (κ3) is 3.68. The number of nitro groups is 1. The van der Waals surface area contributed by atoms with E-state index >= 15 is 0 Å². The lowest BCUT2D eigenvalue weighted by Crippen LogP contribution is -2.32. The first-order chi connectivity index (χ1) is 13.4. The van der Waals surface area contributed by atoms with Gasteiger partial charge in [-0.3, -0.25) is 19.7 Å². The maximum absolute atomic E-state index is 12.9. The Morgan fingerprint density at radius 2 is 2.04 bits per heavy atom. The number of para-hydroxylation sites is 1. The van der Waals surface area contributed by atoms with Crippen molar-refractivity contribution < 1.29 is 9.72 Å². The van der Waals surface area contributed by atoms with Crippen molar-refractivity contribution in [1.29, 1.82) is 0 Å². The molecule has 9 nitrogen and oxygen atoms in total. The number of rotatable bonds is 6. The molecule has 0 aliphatic carbocycles. The second kappa shape index (κ2) is 7.87. The van der Waals surface area contributed by atoms with E-state index in [9.17, 15) is 19.7 Å². The van der Waals surface area contributed by atoms with Crippen LogP contribution in [0.25, 0.3) is 10.9 Å². The van der Waals surface area contributed by atoms with Crippen LogP contribution >= 0.6 is 0 Å². The van der Waals surface area contributed by atoms with Crippen LogP contribution in [0, 0.1) is 10.1 Å². The largest absolute Gasteiger partial charge is 0.383 e. The summed E-state index contributed by atoms with van der Waals surface area (Å²) in [6.07, 6.45) is 0. The first-order valence-electron chi connectivity index (χ1n) is 8.68. The fourth-order valence-corrected chi connectivity index (χ4v) is 2.93. The summed E-state index contributed by atoms with van der Waals surface area (Å²) in [5, 5.41) is 14.4. The standard InChI is InChI=1S/C19H19N5O4/c1-3-23(11-17-21-14-7-5-4-6-13(14)18(25)22-17)19(26)12-8-9-15(20-2)16(10-12)24(27)28/h4-10,20H,3,11H2,1-2H3,(H,21,22,25).